The third kappa shape index (κ3) is 3.04. The number of carbonyl (C=O) groups is 1. The first kappa shape index (κ1) is 19.6. The van der Waals surface area contributed by atoms with Crippen LogP contribution >= 0.6 is 0 Å². The van der Waals surface area contributed by atoms with E-state index in [4.69, 9.17) is 0 Å². The van der Waals surface area contributed by atoms with Crippen molar-refractivity contribution in [1.82, 2.24) is 0 Å². The summed E-state index contributed by atoms with van der Waals surface area (Å²) in [6.07, 6.45) is 7.27. The number of benzene rings is 2. The number of Topliss-reactive ketones (excluding diaryl/α,β-unsaturated/α-hetero) is 1. The molecule has 0 saturated heterocycles. The van der Waals surface area contributed by atoms with Gasteiger partial charge >= 0.3 is 0 Å². The van der Waals surface area contributed by atoms with E-state index in [1.165, 1.54) is 16.7 Å². The number of carbonyl (C=O) groups excluding carboxylic acids is 1. The van der Waals surface area contributed by atoms with E-state index in [0.29, 0.717) is 35.2 Å². The molecule has 0 radical (unpaired) electrons. The molecule has 0 bridgehead atoms. The van der Waals surface area contributed by atoms with Crippen LogP contribution in [0.3, 0.4) is 0 Å². The zero-order valence-corrected chi connectivity index (χ0v) is 18.3. The lowest BCUT2D eigenvalue weighted by molar-refractivity contribution is -0.127. The number of allylic oxidation sites excluding steroid dienone is 1. The Labute approximate surface area is 180 Å². The molecule has 3 unspecified atom stereocenters. The second-order valence-electron chi connectivity index (χ2n) is 10.3. The summed E-state index contributed by atoms with van der Waals surface area (Å²) in [4.78, 5) is 13.5. The van der Waals surface area contributed by atoms with Crippen LogP contribution in [0.2, 0.25) is 0 Å². The van der Waals surface area contributed by atoms with E-state index in [1.807, 2.05) is 12.1 Å². The minimum atomic E-state index is -0.209. The van der Waals surface area contributed by atoms with Crippen LogP contribution in [0.5, 0.6) is 5.75 Å². The molecule has 0 heterocycles. The predicted octanol–water partition coefficient (Wildman–Crippen LogP) is 6.63. The largest absolute Gasteiger partial charge is 0.508 e. The van der Waals surface area contributed by atoms with E-state index < -0.39 is 0 Å². The second-order valence-corrected chi connectivity index (χ2v) is 10.3. The van der Waals surface area contributed by atoms with Crippen molar-refractivity contribution in [1.29, 1.82) is 0 Å². The third-order valence-corrected chi connectivity index (χ3v) is 8.29. The van der Waals surface area contributed by atoms with Crippen molar-refractivity contribution in [2.24, 2.45) is 17.3 Å². The maximum absolute atomic E-state index is 13.5. The molecule has 4 atom stereocenters. The summed E-state index contributed by atoms with van der Waals surface area (Å²) < 4.78 is 0. The molecule has 156 valence electrons. The lowest BCUT2D eigenvalue weighted by Gasteiger charge is -2.48. The maximum Gasteiger partial charge on any atom is 0.165 e. The number of phenols is 1. The number of ketones is 1. The topological polar surface area (TPSA) is 37.3 Å². The van der Waals surface area contributed by atoms with E-state index in [0.717, 1.165) is 43.2 Å². The molecule has 0 spiro atoms. The first-order valence-corrected chi connectivity index (χ1v) is 11.5. The predicted molar refractivity (Wildman–Crippen MR) is 122 cm³/mol. The van der Waals surface area contributed by atoms with Crippen LogP contribution < -0.4 is 0 Å². The molecule has 2 aromatic carbocycles. The number of hydrogen-bond acceptors (Lipinski definition) is 2. The Morgan fingerprint density at radius 1 is 1.10 bits per heavy atom. The van der Waals surface area contributed by atoms with E-state index in [9.17, 15) is 9.90 Å². The lowest BCUT2D eigenvalue weighted by Crippen LogP contribution is -2.42. The molecule has 0 amide bonds. The SMILES string of the molecule is CC(C)c1ccc(/C=C2\CC3C4CCc5cc(O)ccc5C4CC[C@]3(C)C2=O)cc1. The van der Waals surface area contributed by atoms with Gasteiger partial charge in [-0.15, -0.1) is 0 Å². The van der Waals surface area contributed by atoms with Gasteiger partial charge in [0.25, 0.3) is 0 Å². The quantitative estimate of drug-likeness (QED) is 0.574. The van der Waals surface area contributed by atoms with Gasteiger partial charge in [0, 0.05) is 5.41 Å². The summed E-state index contributed by atoms with van der Waals surface area (Å²) in [5.41, 5.74) is 6.03. The number of hydrogen-bond donors (Lipinski definition) is 1. The van der Waals surface area contributed by atoms with Crippen molar-refractivity contribution in [3.05, 3.63) is 70.3 Å². The van der Waals surface area contributed by atoms with Crippen molar-refractivity contribution < 1.29 is 9.90 Å². The highest BCUT2D eigenvalue weighted by molar-refractivity contribution is 6.06. The maximum atomic E-state index is 13.5. The van der Waals surface area contributed by atoms with Gasteiger partial charge in [0.2, 0.25) is 0 Å². The van der Waals surface area contributed by atoms with Crippen LogP contribution in [0.25, 0.3) is 6.08 Å². The highest BCUT2D eigenvalue weighted by Crippen LogP contribution is 2.60. The molecule has 2 saturated carbocycles. The number of aromatic hydroxyl groups is 1. The highest BCUT2D eigenvalue weighted by atomic mass is 16.3. The Morgan fingerprint density at radius 2 is 1.87 bits per heavy atom. The first-order chi connectivity index (χ1) is 14.4. The second kappa shape index (κ2) is 7.11. The average molecular weight is 401 g/mol. The molecule has 2 fully saturated rings. The summed E-state index contributed by atoms with van der Waals surface area (Å²) in [6.45, 7) is 6.64. The van der Waals surface area contributed by atoms with Crippen LogP contribution in [-0.2, 0) is 11.2 Å². The number of phenolic OH excluding ortho intramolecular Hbond substituents is 1. The Hall–Kier alpha value is -2.35. The molecule has 0 aromatic heterocycles. The summed E-state index contributed by atoms with van der Waals surface area (Å²) >= 11 is 0. The van der Waals surface area contributed by atoms with E-state index in [2.05, 4.69) is 57.2 Å². The fraction of sp³-hybridized carbons (Fsp3) is 0.464. The van der Waals surface area contributed by atoms with E-state index >= 15 is 0 Å². The van der Waals surface area contributed by atoms with Gasteiger partial charge < -0.3 is 5.11 Å². The molecular weight excluding hydrogens is 368 g/mol. The minimum absolute atomic E-state index is 0.209. The number of fused-ring (bicyclic) bond motifs is 5. The van der Waals surface area contributed by atoms with Crippen LogP contribution in [-0.4, -0.2) is 10.9 Å². The van der Waals surface area contributed by atoms with E-state index in [1.54, 1.807) is 0 Å². The Balaban J connectivity index is 1.44. The van der Waals surface area contributed by atoms with Crippen molar-refractivity contribution in [3.63, 3.8) is 0 Å². The number of rotatable bonds is 2. The van der Waals surface area contributed by atoms with Crippen molar-refractivity contribution in [2.75, 3.05) is 0 Å². The third-order valence-electron chi connectivity index (χ3n) is 8.29. The lowest BCUT2D eigenvalue weighted by atomic mass is 9.55. The molecule has 30 heavy (non-hydrogen) atoms. The first-order valence-electron chi connectivity index (χ1n) is 11.5. The monoisotopic (exact) mass is 400 g/mol. The zero-order chi connectivity index (χ0) is 21.0. The fourth-order valence-electron chi connectivity index (χ4n) is 6.55. The van der Waals surface area contributed by atoms with Crippen molar-refractivity contribution in [2.45, 2.75) is 64.7 Å². The van der Waals surface area contributed by atoms with Crippen LogP contribution in [0.1, 0.15) is 80.5 Å². The van der Waals surface area contributed by atoms with Crippen LogP contribution in [0.4, 0.5) is 0 Å². The van der Waals surface area contributed by atoms with Gasteiger partial charge in [-0.2, -0.15) is 0 Å². The molecule has 2 aromatic rings. The summed E-state index contributed by atoms with van der Waals surface area (Å²) in [5, 5.41) is 9.88. The molecule has 3 aliphatic rings. The summed E-state index contributed by atoms with van der Waals surface area (Å²) in [5.74, 6) is 2.82. The smallest absolute Gasteiger partial charge is 0.165 e. The summed E-state index contributed by atoms with van der Waals surface area (Å²) in [7, 11) is 0. The van der Waals surface area contributed by atoms with E-state index in [-0.39, 0.29) is 5.41 Å². The minimum Gasteiger partial charge on any atom is -0.508 e. The van der Waals surface area contributed by atoms with Gasteiger partial charge in [-0.3, -0.25) is 4.79 Å². The van der Waals surface area contributed by atoms with Gasteiger partial charge in [-0.05, 0) is 102 Å². The van der Waals surface area contributed by atoms with Crippen LogP contribution in [0.15, 0.2) is 48.0 Å². The van der Waals surface area contributed by atoms with Gasteiger partial charge in [0.05, 0.1) is 0 Å². The van der Waals surface area contributed by atoms with Crippen molar-refractivity contribution in [3.8, 4) is 5.75 Å². The molecular formula is C28H32O2. The van der Waals surface area contributed by atoms with Gasteiger partial charge in [-0.1, -0.05) is 51.1 Å². The molecule has 2 heteroatoms. The molecule has 2 nitrogen and oxygen atoms in total. The zero-order valence-electron chi connectivity index (χ0n) is 18.3. The van der Waals surface area contributed by atoms with Gasteiger partial charge in [0.15, 0.2) is 5.78 Å². The molecule has 3 aliphatic carbocycles. The fourth-order valence-corrected chi connectivity index (χ4v) is 6.55. The molecule has 5 rings (SSSR count). The van der Waals surface area contributed by atoms with Gasteiger partial charge in [0.1, 0.15) is 5.75 Å². The molecule has 1 N–H and O–H groups in total. The molecule has 0 aliphatic heterocycles. The normalized spacial score (nSPS) is 31.5. The van der Waals surface area contributed by atoms with Crippen LogP contribution in [0, 0.1) is 17.3 Å². The average Bonchev–Trinajstić information content (AvgIpc) is 2.98. The standard InChI is InChI=1S/C28H32O2/c1-17(2)19-6-4-18(5-7-19)14-21-16-26-25-10-8-20-15-22(29)9-11-23(20)24(25)12-13-28(26,3)27(21)30/h4-7,9,11,14-15,17,24-26,29H,8,10,12-13,16H2,1-3H3/b21-14+/t24?,25?,26?,28-/m0/s1. The Bertz CT molecular complexity index is 1010. The Morgan fingerprint density at radius 3 is 2.60 bits per heavy atom. The van der Waals surface area contributed by atoms with Crippen molar-refractivity contribution >= 4 is 11.9 Å². The van der Waals surface area contributed by atoms with Gasteiger partial charge in [-0.25, -0.2) is 0 Å². The highest BCUT2D eigenvalue weighted by Gasteiger charge is 2.56. The number of aryl methyl sites for hydroxylation is 1. The summed E-state index contributed by atoms with van der Waals surface area (Å²) in [6, 6.07) is 14.6. The Kier molecular flexibility index (Phi) is 4.65.